The fraction of sp³-hybridized carbons (Fsp3) is 0.538. The lowest BCUT2D eigenvalue weighted by atomic mass is 9.78. The number of benzene rings is 1. The molecule has 1 aliphatic rings. The summed E-state index contributed by atoms with van der Waals surface area (Å²) < 4.78 is 40.3. The van der Waals surface area contributed by atoms with Crippen molar-refractivity contribution >= 4 is 0 Å². The molecule has 1 fully saturated rings. The van der Waals surface area contributed by atoms with Crippen LogP contribution in [0.1, 0.15) is 25.3 Å². The first-order valence-electron chi connectivity index (χ1n) is 5.84. The molecule has 0 aliphatic heterocycles. The Hall–Kier alpha value is -1.07. The molecule has 1 saturated carbocycles. The SMILES string of the molecule is C[C@@](N)(c1ccccc1F)[C@H]1CC(F)(F)C[C@H]1O. The first kappa shape index (κ1) is 13.4. The second-order valence-electron chi connectivity index (χ2n) is 5.20. The van der Waals surface area contributed by atoms with Crippen LogP contribution in [0.25, 0.3) is 0 Å². The molecule has 2 nitrogen and oxygen atoms in total. The highest BCUT2D eigenvalue weighted by molar-refractivity contribution is 5.27. The van der Waals surface area contributed by atoms with Crippen LogP contribution >= 0.6 is 0 Å². The number of aliphatic hydroxyl groups is 1. The zero-order valence-corrected chi connectivity index (χ0v) is 10.0. The molecule has 0 heterocycles. The zero-order valence-electron chi connectivity index (χ0n) is 10.0. The van der Waals surface area contributed by atoms with Crippen LogP contribution in [0.2, 0.25) is 0 Å². The molecule has 3 atom stereocenters. The number of nitrogens with two attached hydrogens (primary N) is 1. The van der Waals surface area contributed by atoms with Gasteiger partial charge in [-0.3, -0.25) is 0 Å². The van der Waals surface area contributed by atoms with Crippen LogP contribution in [0, 0.1) is 11.7 Å². The van der Waals surface area contributed by atoms with Crippen molar-refractivity contribution in [1.29, 1.82) is 0 Å². The van der Waals surface area contributed by atoms with Crippen LogP contribution in [-0.2, 0) is 5.54 Å². The van der Waals surface area contributed by atoms with Gasteiger partial charge in [-0.1, -0.05) is 18.2 Å². The molecule has 0 spiro atoms. The summed E-state index contributed by atoms with van der Waals surface area (Å²) in [5.74, 6) is -4.33. The Bertz CT molecular complexity index is 448. The Morgan fingerprint density at radius 1 is 1.33 bits per heavy atom. The van der Waals surface area contributed by atoms with Gasteiger partial charge in [0, 0.05) is 29.9 Å². The Labute approximate surface area is 104 Å². The minimum absolute atomic E-state index is 0.159. The maximum absolute atomic E-state index is 13.7. The van der Waals surface area contributed by atoms with Gasteiger partial charge < -0.3 is 10.8 Å². The molecule has 1 aromatic rings. The molecule has 2 rings (SSSR count). The van der Waals surface area contributed by atoms with Gasteiger partial charge in [-0.15, -0.1) is 0 Å². The van der Waals surface area contributed by atoms with E-state index in [0.29, 0.717) is 0 Å². The van der Waals surface area contributed by atoms with E-state index in [2.05, 4.69) is 0 Å². The van der Waals surface area contributed by atoms with Crippen LogP contribution in [0.4, 0.5) is 13.2 Å². The standard InChI is InChI=1S/C13H16F3NO/c1-12(17,8-4-2-3-5-10(8)14)9-6-13(15,16)7-11(9)18/h2-5,9,11,18H,6-7,17H2,1H3/t9-,11+,12+/m0/s1. The fourth-order valence-corrected chi connectivity index (χ4v) is 2.70. The van der Waals surface area contributed by atoms with E-state index < -0.39 is 42.1 Å². The average molecular weight is 259 g/mol. The molecule has 3 N–H and O–H groups in total. The smallest absolute Gasteiger partial charge is 0.251 e. The van der Waals surface area contributed by atoms with Crippen LogP contribution in [0.5, 0.6) is 0 Å². The predicted molar refractivity (Wildman–Crippen MR) is 61.6 cm³/mol. The van der Waals surface area contributed by atoms with E-state index in [9.17, 15) is 18.3 Å². The molecular weight excluding hydrogens is 243 g/mol. The highest BCUT2D eigenvalue weighted by Gasteiger charge is 2.52. The fourth-order valence-electron chi connectivity index (χ4n) is 2.70. The summed E-state index contributed by atoms with van der Waals surface area (Å²) in [4.78, 5) is 0. The number of alkyl halides is 2. The first-order chi connectivity index (χ1) is 8.24. The summed E-state index contributed by atoms with van der Waals surface area (Å²) in [6.45, 7) is 1.49. The topological polar surface area (TPSA) is 46.2 Å². The summed E-state index contributed by atoms with van der Waals surface area (Å²) in [6, 6.07) is 5.82. The van der Waals surface area contributed by atoms with E-state index >= 15 is 0 Å². The van der Waals surface area contributed by atoms with Gasteiger partial charge in [0.2, 0.25) is 0 Å². The maximum atomic E-state index is 13.7. The monoisotopic (exact) mass is 259 g/mol. The van der Waals surface area contributed by atoms with Crippen molar-refractivity contribution in [3.05, 3.63) is 35.6 Å². The number of aliphatic hydroxyl groups excluding tert-OH is 1. The molecule has 5 heteroatoms. The summed E-state index contributed by atoms with van der Waals surface area (Å²) in [5, 5.41) is 9.73. The summed E-state index contributed by atoms with van der Waals surface area (Å²) in [6.07, 6.45) is -2.34. The lowest BCUT2D eigenvalue weighted by Crippen LogP contribution is -2.45. The minimum Gasteiger partial charge on any atom is -0.393 e. The van der Waals surface area contributed by atoms with Crippen molar-refractivity contribution in [2.45, 2.75) is 37.3 Å². The van der Waals surface area contributed by atoms with Crippen molar-refractivity contribution in [3.8, 4) is 0 Å². The van der Waals surface area contributed by atoms with Gasteiger partial charge in [0.05, 0.1) is 6.10 Å². The summed E-state index contributed by atoms with van der Waals surface area (Å²) >= 11 is 0. The summed E-state index contributed by atoms with van der Waals surface area (Å²) in [7, 11) is 0. The van der Waals surface area contributed by atoms with E-state index in [-0.39, 0.29) is 5.56 Å². The van der Waals surface area contributed by atoms with E-state index in [0.717, 1.165) is 0 Å². The number of halogens is 3. The third-order valence-corrected chi connectivity index (χ3v) is 3.72. The Kier molecular flexibility index (Phi) is 3.15. The van der Waals surface area contributed by atoms with Gasteiger partial charge in [0.1, 0.15) is 5.82 Å². The highest BCUT2D eigenvalue weighted by atomic mass is 19.3. The maximum Gasteiger partial charge on any atom is 0.251 e. The zero-order chi connectivity index (χ0) is 13.6. The quantitative estimate of drug-likeness (QED) is 0.856. The molecule has 0 amide bonds. The molecule has 18 heavy (non-hydrogen) atoms. The minimum atomic E-state index is -2.93. The molecule has 100 valence electrons. The molecule has 0 bridgehead atoms. The van der Waals surface area contributed by atoms with Crippen molar-refractivity contribution in [2.75, 3.05) is 0 Å². The van der Waals surface area contributed by atoms with Crippen LogP contribution in [0.3, 0.4) is 0 Å². The third kappa shape index (κ3) is 2.24. The van der Waals surface area contributed by atoms with E-state index in [1.807, 2.05) is 0 Å². The van der Waals surface area contributed by atoms with E-state index in [4.69, 9.17) is 5.73 Å². The lowest BCUT2D eigenvalue weighted by molar-refractivity contribution is -0.00446. The number of rotatable bonds is 2. The van der Waals surface area contributed by atoms with Crippen LogP contribution in [0.15, 0.2) is 24.3 Å². The molecule has 1 aliphatic carbocycles. The van der Waals surface area contributed by atoms with Crippen molar-refractivity contribution in [1.82, 2.24) is 0 Å². The van der Waals surface area contributed by atoms with Gasteiger partial charge in [-0.25, -0.2) is 13.2 Å². The van der Waals surface area contributed by atoms with Crippen LogP contribution < -0.4 is 5.73 Å². The molecule has 0 saturated heterocycles. The normalized spacial score (nSPS) is 30.1. The molecular formula is C13H16F3NO. The summed E-state index contributed by atoms with van der Waals surface area (Å²) in [5.41, 5.74) is 4.87. The van der Waals surface area contributed by atoms with Gasteiger partial charge >= 0.3 is 0 Å². The number of hydrogen-bond acceptors (Lipinski definition) is 2. The van der Waals surface area contributed by atoms with E-state index in [1.165, 1.54) is 25.1 Å². The Morgan fingerprint density at radius 3 is 2.44 bits per heavy atom. The first-order valence-corrected chi connectivity index (χ1v) is 5.84. The van der Waals surface area contributed by atoms with Crippen molar-refractivity contribution in [2.24, 2.45) is 11.7 Å². The Balaban J connectivity index is 2.35. The van der Waals surface area contributed by atoms with Gasteiger partial charge in [0.25, 0.3) is 5.92 Å². The van der Waals surface area contributed by atoms with Crippen molar-refractivity contribution < 1.29 is 18.3 Å². The molecule has 0 unspecified atom stereocenters. The second-order valence-corrected chi connectivity index (χ2v) is 5.20. The predicted octanol–water partition coefficient (Wildman–Crippen LogP) is 2.41. The lowest BCUT2D eigenvalue weighted by Gasteiger charge is -2.34. The Morgan fingerprint density at radius 2 is 1.94 bits per heavy atom. The third-order valence-electron chi connectivity index (χ3n) is 3.72. The average Bonchev–Trinajstić information content (AvgIpc) is 2.53. The largest absolute Gasteiger partial charge is 0.393 e. The van der Waals surface area contributed by atoms with Crippen molar-refractivity contribution in [3.63, 3.8) is 0 Å². The van der Waals surface area contributed by atoms with Gasteiger partial charge in [0.15, 0.2) is 0 Å². The molecule has 1 aromatic carbocycles. The number of hydrogen-bond donors (Lipinski definition) is 2. The molecule has 0 radical (unpaired) electrons. The van der Waals surface area contributed by atoms with Crippen LogP contribution in [-0.4, -0.2) is 17.1 Å². The van der Waals surface area contributed by atoms with Gasteiger partial charge in [-0.05, 0) is 13.0 Å². The van der Waals surface area contributed by atoms with E-state index in [1.54, 1.807) is 6.07 Å². The molecule has 0 aromatic heterocycles. The second kappa shape index (κ2) is 4.24. The highest BCUT2D eigenvalue weighted by Crippen LogP contribution is 2.46. The van der Waals surface area contributed by atoms with Gasteiger partial charge in [-0.2, -0.15) is 0 Å².